The maximum Gasteiger partial charge on any atom is 0.319 e. The zero-order valence-corrected chi connectivity index (χ0v) is 11.7. The number of benzene rings is 1. The fraction of sp³-hybridized carbons (Fsp3) is 0.500. The molecule has 0 unspecified atom stereocenters. The minimum absolute atomic E-state index is 0.0348. The van der Waals surface area contributed by atoms with E-state index in [9.17, 15) is 4.79 Å². The average molecular weight is 266 g/mol. The number of aliphatic hydroxyl groups is 1. The van der Waals surface area contributed by atoms with Gasteiger partial charge in [-0.3, -0.25) is 0 Å². The van der Waals surface area contributed by atoms with Crippen LogP contribution in [0.25, 0.3) is 0 Å². The Labute approximate surface area is 114 Å². The molecule has 0 saturated heterocycles. The van der Waals surface area contributed by atoms with Crippen LogP contribution >= 0.6 is 0 Å². The van der Waals surface area contributed by atoms with Crippen LogP contribution in [0.3, 0.4) is 0 Å². The number of carbonyl (C=O) groups excluding carboxylic acids is 1. The first-order valence-electron chi connectivity index (χ1n) is 6.40. The van der Waals surface area contributed by atoms with Crippen molar-refractivity contribution in [3.8, 4) is 5.75 Å². The van der Waals surface area contributed by atoms with E-state index in [1.165, 1.54) is 0 Å². The molecule has 5 nitrogen and oxygen atoms in total. The van der Waals surface area contributed by atoms with Gasteiger partial charge in [0.1, 0.15) is 5.75 Å². The van der Waals surface area contributed by atoms with Crippen molar-refractivity contribution in [3.63, 3.8) is 0 Å². The van der Waals surface area contributed by atoms with Crippen molar-refractivity contribution in [2.24, 2.45) is 0 Å². The van der Waals surface area contributed by atoms with E-state index in [1.54, 1.807) is 12.1 Å². The van der Waals surface area contributed by atoms with Crippen molar-refractivity contribution >= 4 is 11.7 Å². The van der Waals surface area contributed by atoms with Crippen LogP contribution < -0.4 is 15.4 Å². The lowest BCUT2D eigenvalue weighted by atomic mass is 10.0. The number of anilines is 1. The smallest absolute Gasteiger partial charge is 0.319 e. The van der Waals surface area contributed by atoms with E-state index in [1.807, 2.05) is 32.9 Å². The van der Waals surface area contributed by atoms with Gasteiger partial charge in [-0.05, 0) is 39.3 Å². The third-order valence-electron chi connectivity index (χ3n) is 2.59. The Balaban J connectivity index is 2.59. The fourth-order valence-electron chi connectivity index (χ4n) is 1.64. The molecule has 0 atom stereocenters. The number of carbonyl (C=O) groups is 1. The van der Waals surface area contributed by atoms with Crippen LogP contribution in [0.15, 0.2) is 24.3 Å². The molecule has 0 spiro atoms. The van der Waals surface area contributed by atoms with E-state index >= 15 is 0 Å². The molecular weight excluding hydrogens is 244 g/mol. The van der Waals surface area contributed by atoms with Crippen molar-refractivity contribution in [3.05, 3.63) is 24.3 Å². The molecule has 1 aromatic rings. The summed E-state index contributed by atoms with van der Waals surface area (Å²) in [6.07, 6.45) is 0.499. The molecular formula is C14H22N2O3. The summed E-state index contributed by atoms with van der Waals surface area (Å²) in [5.41, 5.74) is 0.222. The third-order valence-corrected chi connectivity index (χ3v) is 2.59. The largest absolute Gasteiger partial charge is 0.494 e. The lowest BCUT2D eigenvalue weighted by Crippen LogP contribution is -2.46. The molecule has 19 heavy (non-hydrogen) atoms. The second-order valence-electron chi connectivity index (χ2n) is 4.90. The van der Waals surface area contributed by atoms with Gasteiger partial charge in [-0.15, -0.1) is 0 Å². The Bertz CT molecular complexity index is 419. The molecule has 5 heteroatoms. The van der Waals surface area contributed by atoms with Gasteiger partial charge in [0.15, 0.2) is 0 Å². The third kappa shape index (κ3) is 5.61. The SMILES string of the molecule is CCOc1cccc(NC(=O)NC(C)(C)CCO)c1. The number of hydrogen-bond acceptors (Lipinski definition) is 3. The van der Waals surface area contributed by atoms with Gasteiger partial charge in [0, 0.05) is 23.9 Å². The summed E-state index contributed by atoms with van der Waals surface area (Å²) in [4.78, 5) is 11.8. The number of rotatable bonds is 6. The molecule has 0 aromatic heterocycles. The quantitative estimate of drug-likeness (QED) is 0.740. The van der Waals surface area contributed by atoms with E-state index in [0.29, 0.717) is 18.7 Å². The molecule has 2 amide bonds. The van der Waals surface area contributed by atoms with Gasteiger partial charge >= 0.3 is 6.03 Å². The van der Waals surface area contributed by atoms with Crippen molar-refractivity contribution in [2.45, 2.75) is 32.7 Å². The number of hydrogen-bond donors (Lipinski definition) is 3. The predicted molar refractivity (Wildman–Crippen MR) is 75.5 cm³/mol. The maximum atomic E-state index is 11.8. The Hall–Kier alpha value is -1.75. The van der Waals surface area contributed by atoms with Gasteiger partial charge in [-0.1, -0.05) is 6.07 Å². The topological polar surface area (TPSA) is 70.6 Å². The summed E-state index contributed by atoms with van der Waals surface area (Å²) in [7, 11) is 0. The van der Waals surface area contributed by atoms with Gasteiger partial charge in [0.2, 0.25) is 0 Å². The summed E-state index contributed by atoms with van der Waals surface area (Å²) in [5.74, 6) is 0.718. The molecule has 0 saturated carbocycles. The maximum absolute atomic E-state index is 11.8. The first kappa shape index (κ1) is 15.3. The average Bonchev–Trinajstić information content (AvgIpc) is 2.28. The van der Waals surface area contributed by atoms with Gasteiger partial charge in [0.05, 0.1) is 6.61 Å². The second kappa shape index (κ2) is 6.99. The molecule has 0 heterocycles. The molecule has 0 aliphatic carbocycles. The molecule has 106 valence electrons. The van der Waals surface area contributed by atoms with Crippen molar-refractivity contribution in [1.82, 2.24) is 5.32 Å². The number of aliphatic hydroxyl groups excluding tert-OH is 1. The first-order chi connectivity index (χ1) is 8.96. The molecule has 3 N–H and O–H groups in total. The minimum Gasteiger partial charge on any atom is -0.494 e. The standard InChI is InChI=1S/C14H22N2O3/c1-4-19-12-7-5-6-11(10-12)15-13(18)16-14(2,3)8-9-17/h5-7,10,17H,4,8-9H2,1-3H3,(H2,15,16,18). The molecule has 0 aliphatic heterocycles. The van der Waals surface area contributed by atoms with Gasteiger partial charge in [0.25, 0.3) is 0 Å². The van der Waals surface area contributed by atoms with Gasteiger partial charge in [-0.25, -0.2) is 4.79 Å². The molecule has 0 aliphatic rings. The van der Waals surface area contributed by atoms with Gasteiger partial charge < -0.3 is 20.5 Å². The summed E-state index contributed by atoms with van der Waals surface area (Å²) >= 11 is 0. The molecule has 0 bridgehead atoms. The van der Waals surface area contributed by atoms with Crippen LogP contribution in [0, 0.1) is 0 Å². The van der Waals surface area contributed by atoms with E-state index < -0.39 is 5.54 Å². The van der Waals surface area contributed by atoms with Crippen molar-refractivity contribution in [1.29, 1.82) is 0 Å². The first-order valence-corrected chi connectivity index (χ1v) is 6.40. The van der Waals surface area contributed by atoms with E-state index in [2.05, 4.69) is 10.6 Å². The van der Waals surface area contributed by atoms with Crippen LogP contribution in [-0.2, 0) is 0 Å². The Morgan fingerprint density at radius 3 is 2.79 bits per heavy atom. The number of ether oxygens (including phenoxy) is 1. The summed E-state index contributed by atoms with van der Waals surface area (Å²) in [6.45, 7) is 6.25. The summed E-state index contributed by atoms with van der Waals surface area (Å²) in [6, 6.07) is 6.91. The van der Waals surface area contributed by atoms with Crippen LogP contribution in [0.1, 0.15) is 27.2 Å². The fourth-order valence-corrected chi connectivity index (χ4v) is 1.64. The molecule has 0 fully saturated rings. The summed E-state index contributed by atoms with van der Waals surface area (Å²) < 4.78 is 5.36. The monoisotopic (exact) mass is 266 g/mol. The number of amides is 2. The molecule has 0 radical (unpaired) electrons. The van der Waals surface area contributed by atoms with Crippen LogP contribution in [0.4, 0.5) is 10.5 Å². The van der Waals surface area contributed by atoms with Crippen molar-refractivity contribution in [2.75, 3.05) is 18.5 Å². The minimum atomic E-state index is -0.448. The van der Waals surface area contributed by atoms with Gasteiger partial charge in [-0.2, -0.15) is 0 Å². The molecule has 1 aromatic carbocycles. The van der Waals surface area contributed by atoms with Crippen LogP contribution in [0.5, 0.6) is 5.75 Å². The zero-order chi connectivity index (χ0) is 14.3. The Kier molecular flexibility index (Phi) is 5.63. The highest BCUT2D eigenvalue weighted by molar-refractivity contribution is 5.89. The second-order valence-corrected chi connectivity index (χ2v) is 4.90. The highest BCUT2D eigenvalue weighted by Gasteiger charge is 2.19. The lowest BCUT2D eigenvalue weighted by molar-refractivity contribution is 0.218. The predicted octanol–water partition coefficient (Wildman–Crippen LogP) is 2.37. The summed E-state index contributed by atoms with van der Waals surface area (Å²) in [5, 5.41) is 14.5. The number of nitrogens with one attached hydrogen (secondary N) is 2. The highest BCUT2D eigenvalue weighted by Crippen LogP contribution is 2.17. The number of urea groups is 1. The molecule has 1 rings (SSSR count). The Morgan fingerprint density at radius 2 is 2.16 bits per heavy atom. The van der Waals surface area contributed by atoms with Crippen LogP contribution in [0.2, 0.25) is 0 Å². The normalized spacial score (nSPS) is 10.9. The highest BCUT2D eigenvalue weighted by atomic mass is 16.5. The van der Waals surface area contributed by atoms with Crippen LogP contribution in [-0.4, -0.2) is 29.9 Å². The van der Waals surface area contributed by atoms with Crippen molar-refractivity contribution < 1.29 is 14.6 Å². The van der Waals surface area contributed by atoms with E-state index in [-0.39, 0.29) is 12.6 Å². The van der Waals surface area contributed by atoms with E-state index in [0.717, 1.165) is 5.75 Å². The lowest BCUT2D eigenvalue weighted by Gasteiger charge is -2.25. The van der Waals surface area contributed by atoms with E-state index in [4.69, 9.17) is 9.84 Å². The zero-order valence-electron chi connectivity index (χ0n) is 11.7. The Morgan fingerprint density at radius 1 is 1.42 bits per heavy atom.